The molecule has 0 fully saturated rings. The molecule has 0 saturated carbocycles. The summed E-state index contributed by atoms with van der Waals surface area (Å²) < 4.78 is 0. The first-order valence-electron chi connectivity index (χ1n) is 8.31. The van der Waals surface area contributed by atoms with Crippen molar-refractivity contribution in [2.24, 2.45) is 5.41 Å². The lowest BCUT2D eigenvalue weighted by molar-refractivity contribution is 0.355. The highest BCUT2D eigenvalue weighted by molar-refractivity contribution is 5.23. The van der Waals surface area contributed by atoms with Crippen LogP contribution in [0.2, 0.25) is 0 Å². The third-order valence-electron chi connectivity index (χ3n) is 4.66. The quantitative estimate of drug-likeness (QED) is 0.458. The fourth-order valence-electron chi connectivity index (χ4n) is 3.38. The van der Waals surface area contributed by atoms with Gasteiger partial charge in [-0.2, -0.15) is 0 Å². The van der Waals surface area contributed by atoms with Crippen LogP contribution in [0.25, 0.3) is 0 Å². The summed E-state index contributed by atoms with van der Waals surface area (Å²) in [5, 5.41) is 0. The van der Waals surface area contributed by atoms with Gasteiger partial charge in [0.1, 0.15) is 0 Å². The van der Waals surface area contributed by atoms with E-state index in [0.29, 0.717) is 5.41 Å². The smallest absolute Gasteiger partial charge is 0.0142 e. The van der Waals surface area contributed by atoms with Crippen LogP contribution in [-0.4, -0.2) is 0 Å². The predicted molar refractivity (Wildman–Crippen MR) is 92.0 cm³/mol. The molecule has 1 aliphatic carbocycles. The van der Waals surface area contributed by atoms with E-state index in [2.05, 4.69) is 53.7 Å². The van der Waals surface area contributed by atoms with Gasteiger partial charge >= 0.3 is 0 Å². The van der Waals surface area contributed by atoms with Gasteiger partial charge in [-0.25, -0.2) is 0 Å². The maximum atomic E-state index is 2.46. The van der Waals surface area contributed by atoms with Crippen molar-refractivity contribution in [3.63, 3.8) is 0 Å². The molecule has 0 radical (unpaired) electrons. The Bertz CT molecular complexity index is 398. The fraction of sp³-hybridized carbons (Fsp3) is 0.700. The maximum Gasteiger partial charge on any atom is -0.0142 e. The van der Waals surface area contributed by atoms with E-state index < -0.39 is 0 Å². The molecule has 0 unspecified atom stereocenters. The third kappa shape index (κ3) is 5.69. The summed E-state index contributed by atoms with van der Waals surface area (Å²) >= 11 is 0. The second kappa shape index (κ2) is 7.86. The Kier molecular flexibility index (Phi) is 6.79. The highest BCUT2D eigenvalue weighted by atomic mass is 14.3. The number of hydrogen-bond acceptors (Lipinski definition) is 0. The average molecular weight is 274 g/mol. The molecule has 0 aromatic heterocycles. The van der Waals surface area contributed by atoms with Crippen molar-refractivity contribution < 1.29 is 0 Å². The maximum absolute atomic E-state index is 2.46. The molecular weight excluding hydrogens is 240 g/mol. The first-order chi connectivity index (χ1) is 9.33. The number of hydrogen-bond donors (Lipinski definition) is 0. The van der Waals surface area contributed by atoms with Crippen molar-refractivity contribution in [2.75, 3.05) is 0 Å². The van der Waals surface area contributed by atoms with Gasteiger partial charge in [0.05, 0.1) is 0 Å². The van der Waals surface area contributed by atoms with Gasteiger partial charge in [-0.1, -0.05) is 48.3 Å². The minimum atomic E-state index is 0.437. The Morgan fingerprint density at radius 1 is 1.10 bits per heavy atom. The summed E-state index contributed by atoms with van der Waals surface area (Å²) in [7, 11) is 0. The van der Waals surface area contributed by atoms with Crippen LogP contribution in [0.3, 0.4) is 0 Å². The molecule has 0 aliphatic heterocycles. The van der Waals surface area contributed by atoms with Gasteiger partial charge in [0.15, 0.2) is 0 Å². The summed E-state index contributed by atoms with van der Waals surface area (Å²) in [6.07, 6.45) is 13.8. The zero-order chi connectivity index (χ0) is 15.2. The molecule has 0 heterocycles. The summed E-state index contributed by atoms with van der Waals surface area (Å²) in [5.41, 5.74) is 6.82. The Morgan fingerprint density at radius 2 is 1.80 bits per heavy atom. The zero-order valence-corrected chi connectivity index (χ0v) is 14.6. The molecule has 0 bridgehead atoms. The van der Waals surface area contributed by atoms with Gasteiger partial charge < -0.3 is 0 Å². The van der Waals surface area contributed by atoms with Crippen molar-refractivity contribution in [2.45, 2.75) is 86.5 Å². The normalized spacial score (nSPS) is 19.2. The second-order valence-corrected chi connectivity index (χ2v) is 7.41. The topological polar surface area (TPSA) is 0 Å². The standard InChI is InChI=1S/C20H34/c1-16(2)10-7-11-17(3)12-8-14-19-18(4)13-9-15-20(19,5)6/h10,12H,7-9,11,13-15H2,1-6H3/b17-12+. The lowest BCUT2D eigenvalue weighted by atomic mass is 9.71. The second-order valence-electron chi connectivity index (χ2n) is 7.41. The van der Waals surface area contributed by atoms with Crippen molar-refractivity contribution in [1.29, 1.82) is 0 Å². The molecule has 0 spiro atoms. The molecular formula is C20H34. The van der Waals surface area contributed by atoms with Crippen molar-refractivity contribution in [3.8, 4) is 0 Å². The molecule has 0 heteroatoms. The SMILES string of the molecule is CC(C)=CCC/C(C)=C/CCC1=C(C)CCCC1(C)C. The highest BCUT2D eigenvalue weighted by Crippen LogP contribution is 2.42. The summed E-state index contributed by atoms with van der Waals surface area (Å²) in [6.45, 7) is 13.8. The number of allylic oxidation sites excluding steroid dienone is 6. The van der Waals surface area contributed by atoms with E-state index in [-0.39, 0.29) is 0 Å². The van der Waals surface area contributed by atoms with Crippen LogP contribution in [0, 0.1) is 5.41 Å². The van der Waals surface area contributed by atoms with Crippen molar-refractivity contribution in [3.05, 3.63) is 34.4 Å². The van der Waals surface area contributed by atoms with E-state index in [0.717, 1.165) is 0 Å². The molecule has 0 saturated heterocycles. The monoisotopic (exact) mass is 274 g/mol. The Balaban J connectivity index is 2.48. The zero-order valence-electron chi connectivity index (χ0n) is 14.6. The van der Waals surface area contributed by atoms with E-state index in [1.54, 1.807) is 16.7 Å². The van der Waals surface area contributed by atoms with Crippen LogP contribution in [0.1, 0.15) is 86.5 Å². The molecule has 0 nitrogen and oxygen atoms in total. The first-order valence-corrected chi connectivity index (χ1v) is 8.31. The Labute approximate surface area is 127 Å². The van der Waals surface area contributed by atoms with E-state index in [1.165, 1.54) is 50.5 Å². The third-order valence-corrected chi connectivity index (χ3v) is 4.66. The molecule has 0 aromatic rings. The summed E-state index contributed by atoms with van der Waals surface area (Å²) in [6, 6.07) is 0. The lowest BCUT2D eigenvalue weighted by Crippen LogP contribution is -2.20. The van der Waals surface area contributed by atoms with Crippen LogP contribution >= 0.6 is 0 Å². The molecule has 114 valence electrons. The first kappa shape index (κ1) is 17.3. The average Bonchev–Trinajstić information content (AvgIpc) is 2.32. The predicted octanol–water partition coefficient (Wildman–Crippen LogP) is 6.99. The molecule has 0 amide bonds. The van der Waals surface area contributed by atoms with Crippen LogP contribution < -0.4 is 0 Å². The molecule has 0 atom stereocenters. The van der Waals surface area contributed by atoms with E-state index in [4.69, 9.17) is 0 Å². The minimum Gasteiger partial charge on any atom is -0.0856 e. The summed E-state index contributed by atoms with van der Waals surface area (Å²) in [4.78, 5) is 0. The Hall–Kier alpha value is -0.780. The molecule has 0 aromatic carbocycles. The van der Waals surface area contributed by atoms with Gasteiger partial charge in [-0.3, -0.25) is 0 Å². The highest BCUT2D eigenvalue weighted by Gasteiger charge is 2.27. The van der Waals surface area contributed by atoms with Crippen LogP contribution in [0.5, 0.6) is 0 Å². The van der Waals surface area contributed by atoms with E-state index in [1.807, 2.05) is 0 Å². The molecule has 1 aliphatic rings. The van der Waals surface area contributed by atoms with Gasteiger partial charge in [0, 0.05) is 0 Å². The largest absolute Gasteiger partial charge is 0.0856 e. The van der Waals surface area contributed by atoms with E-state index in [9.17, 15) is 0 Å². The minimum absolute atomic E-state index is 0.437. The van der Waals surface area contributed by atoms with Crippen molar-refractivity contribution >= 4 is 0 Å². The lowest BCUT2D eigenvalue weighted by Gasteiger charge is -2.34. The van der Waals surface area contributed by atoms with Crippen LogP contribution in [-0.2, 0) is 0 Å². The van der Waals surface area contributed by atoms with Gasteiger partial charge in [-0.15, -0.1) is 0 Å². The molecule has 0 N–H and O–H groups in total. The van der Waals surface area contributed by atoms with Gasteiger partial charge in [0.25, 0.3) is 0 Å². The van der Waals surface area contributed by atoms with Crippen molar-refractivity contribution in [1.82, 2.24) is 0 Å². The molecule has 1 rings (SSSR count). The van der Waals surface area contributed by atoms with Gasteiger partial charge in [-0.05, 0) is 78.1 Å². The Morgan fingerprint density at radius 3 is 2.40 bits per heavy atom. The summed E-state index contributed by atoms with van der Waals surface area (Å²) in [5.74, 6) is 0. The van der Waals surface area contributed by atoms with Crippen LogP contribution in [0.4, 0.5) is 0 Å². The fourth-order valence-corrected chi connectivity index (χ4v) is 3.38. The molecule has 20 heavy (non-hydrogen) atoms. The van der Waals surface area contributed by atoms with Gasteiger partial charge in [0.2, 0.25) is 0 Å². The van der Waals surface area contributed by atoms with E-state index >= 15 is 0 Å². The van der Waals surface area contributed by atoms with Crippen LogP contribution in [0.15, 0.2) is 34.4 Å². The number of rotatable bonds is 6.